The van der Waals surface area contributed by atoms with Crippen molar-refractivity contribution in [1.29, 1.82) is 0 Å². The molecule has 2 amide bonds. The molecule has 6 nitrogen and oxygen atoms in total. The van der Waals surface area contributed by atoms with Crippen LogP contribution in [-0.4, -0.2) is 43.3 Å². The Morgan fingerprint density at radius 3 is 2.62 bits per heavy atom. The zero-order chi connectivity index (χ0) is 18.8. The van der Waals surface area contributed by atoms with Crippen molar-refractivity contribution in [3.63, 3.8) is 0 Å². The Morgan fingerprint density at radius 2 is 2.00 bits per heavy atom. The lowest BCUT2D eigenvalue weighted by Crippen LogP contribution is -2.49. The second kappa shape index (κ2) is 7.41. The molecule has 0 aromatic heterocycles. The molecule has 1 aromatic carbocycles. The zero-order valence-electron chi connectivity index (χ0n) is 14.6. The average molecular weight is 366 g/mol. The minimum Gasteiger partial charge on any atom is -0.460 e. The molecular formula is C18H20F2N2O4. The van der Waals surface area contributed by atoms with Gasteiger partial charge in [0.15, 0.2) is 11.6 Å². The first-order valence-electron chi connectivity index (χ1n) is 8.35. The molecule has 1 fully saturated rings. The summed E-state index contributed by atoms with van der Waals surface area (Å²) < 4.78 is 37.0. The molecule has 26 heavy (non-hydrogen) atoms. The molecule has 1 aliphatic carbocycles. The van der Waals surface area contributed by atoms with Crippen molar-refractivity contribution in [2.75, 3.05) is 20.3 Å². The highest BCUT2D eigenvalue weighted by atomic mass is 19.2. The topological polar surface area (TPSA) is 67.9 Å². The standard InChI is InChI=1S/C18H20F2N2O4/c1-10-15(17(23)26-8-7-25-2)16(11-3-6-13(19)14(20)9-11)21-18(24)22(10)12-4-5-12/h3,6,9,12,16H,4-5,7-8H2,1-2H3,(H,21,24)/t16-/m0/s1. The maximum Gasteiger partial charge on any atom is 0.338 e. The SMILES string of the molecule is COCCOC(=O)C1=C(C)N(C2CC2)C(=O)N[C@H]1c1ccc(F)c(F)c1. The number of hydrogen-bond donors (Lipinski definition) is 1. The number of amides is 2. The number of nitrogens with zero attached hydrogens (tertiary/aromatic N) is 1. The highest BCUT2D eigenvalue weighted by Gasteiger charge is 2.42. The lowest BCUT2D eigenvalue weighted by molar-refractivity contribution is -0.140. The summed E-state index contributed by atoms with van der Waals surface area (Å²) in [6.45, 7) is 1.94. The number of esters is 1. The van der Waals surface area contributed by atoms with Gasteiger partial charge in [-0.15, -0.1) is 0 Å². The normalized spacial score (nSPS) is 20.2. The number of ether oxygens (including phenoxy) is 2. The van der Waals surface area contributed by atoms with Gasteiger partial charge in [-0.1, -0.05) is 6.07 Å². The first-order chi connectivity index (χ1) is 12.4. The smallest absolute Gasteiger partial charge is 0.338 e. The predicted molar refractivity (Wildman–Crippen MR) is 88.0 cm³/mol. The van der Waals surface area contributed by atoms with Crippen LogP contribution in [0.5, 0.6) is 0 Å². The number of hydrogen-bond acceptors (Lipinski definition) is 4. The van der Waals surface area contributed by atoms with E-state index in [9.17, 15) is 18.4 Å². The second-order valence-corrected chi connectivity index (χ2v) is 6.29. The van der Waals surface area contributed by atoms with E-state index in [4.69, 9.17) is 9.47 Å². The van der Waals surface area contributed by atoms with Crippen molar-refractivity contribution < 1.29 is 27.8 Å². The maximum absolute atomic E-state index is 13.7. The first kappa shape index (κ1) is 18.3. The van der Waals surface area contributed by atoms with E-state index in [-0.39, 0.29) is 36.4 Å². The number of rotatable bonds is 6. The third-order valence-corrected chi connectivity index (χ3v) is 4.46. The van der Waals surface area contributed by atoms with Gasteiger partial charge in [-0.2, -0.15) is 0 Å². The molecule has 1 aromatic rings. The molecule has 8 heteroatoms. The van der Waals surface area contributed by atoms with Gasteiger partial charge < -0.3 is 14.8 Å². The van der Waals surface area contributed by atoms with Gasteiger partial charge in [0.05, 0.1) is 18.2 Å². The lowest BCUT2D eigenvalue weighted by atomic mass is 9.94. The average Bonchev–Trinajstić information content (AvgIpc) is 3.42. The number of carbonyl (C=O) groups excluding carboxylic acids is 2. The van der Waals surface area contributed by atoms with E-state index >= 15 is 0 Å². The van der Waals surface area contributed by atoms with Crippen LogP contribution in [0.2, 0.25) is 0 Å². The third-order valence-electron chi connectivity index (χ3n) is 4.46. The summed E-state index contributed by atoms with van der Waals surface area (Å²) in [6.07, 6.45) is 1.71. The molecule has 1 atom stereocenters. The van der Waals surface area contributed by atoms with Crippen molar-refractivity contribution in [3.8, 4) is 0 Å². The molecule has 0 bridgehead atoms. The monoisotopic (exact) mass is 366 g/mol. The lowest BCUT2D eigenvalue weighted by Gasteiger charge is -2.35. The Labute approximate surface area is 149 Å². The first-order valence-corrected chi connectivity index (χ1v) is 8.35. The fourth-order valence-electron chi connectivity index (χ4n) is 3.03. The number of carbonyl (C=O) groups is 2. The summed E-state index contributed by atoms with van der Waals surface area (Å²) in [5.74, 6) is -2.67. The van der Waals surface area contributed by atoms with Crippen LogP contribution in [0.3, 0.4) is 0 Å². The molecule has 0 unspecified atom stereocenters. The van der Waals surface area contributed by atoms with Gasteiger partial charge in [0.2, 0.25) is 0 Å². The van der Waals surface area contributed by atoms with Crippen molar-refractivity contribution in [2.45, 2.75) is 31.8 Å². The van der Waals surface area contributed by atoms with E-state index < -0.39 is 23.6 Å². The summed E-state index contributed by atoms with van der Waals surface area (Å²) in [5, 5.41) is 2.71. The van der Waals surface area contributed by atoms with Crippen LogP contribution in [0.15, 0.2) is 29.5 Å². The summed E-state index contributed by atoms with van der Waals surface area (Å²) in [5.41, 5.74) is 0.942. The number of methoxy groups -OCH3 is 1. The minimum atomic E-state index is -1.05. The number of benzene rings is 1. The van der Waals surface area contributed by atoms with Crippen molar-refractivity contribution in [2.24, 2.45) is 0 Å². The van der Waals surface area contributed by atoms with E-state index in [2.05, 4.69) is 5.32 Å². The fraction of sp³-hybridized carbons (Fsp3) is 0.444. The second-order valence-electron chi connectivity index (χ2n) is 6.29. The van der Waals surface area contributed by atoms with E-state index in [0.29, 0.717) is 5.70 Å². The summed E-state index contributed by atoms with van der Waals surface area (Å²) in [4.78, 5) is 26.7. The van der Waals surface area contributed by atoms with Crippen LogP contribution < -0.4 is 5.32 Å². The molecule has 0 saturated heterocycles. The van der Waals surface area contributed by atoms with Crippen LogP contribution in [0, 0.1) is 11.6 Å². The van der Waals surface area contributed by atoms with Crippen molar-refractivity contribution in [3.05, 3.63) is 46.7 Å². The third kappa shape index (κ3) is 3.55. The minimum absolute atomic E-state index is 0.0441. The van der Waals surface area contributed by atoms with Crippen molar-refractivity contribution in [1.82, 2.24) is 10.2 Å². The molecular weight excluding hydrogens is 346 g/mol. The maximum atomic E-state index is 13.7. The quantitative estimate of drug-likeness (QED) is 0.621. The van der Waals surface area contributed by atoms with Crippen molar-refractivity contribution >= 4 is 12.0 Å². The van der Waals surface area contributed by atoms with Gasteiger partial charge >= 0.3 is 12.0 Å². The highest BCUT2D eigenvalue weighted by molar-refractivity contribution is 5.95. The largest absolute Gasteiger partial charge is 0.460 e. The summed E-state index contributed by atoms with van der Waals surface area (Å²) in [6, 6.07) is 2.04. The van der Waals surface area contributed by atoms with Crippen LogP contribution in [0.25, 0.3) is 0 Å². The van der Waals surface area contributed by atoms with Gasteiger partial charge in [-0.05, 0) is 37.5 Å². The highest BCUT2D eigenvalue weighted by Crippen LogP contribution is 2.38. The van der Waals surface area contributed by atoms with Gasteiger partial charge in [0.1, 0.15) is 6.61 Å². The fourth-order valence-corrected chi connectivity index (χ4v) is 3.03. The number of allylic oxidation sites excluding steroid dienone is 1. The van der Waals surface area contributed by atoms with Gasteiger partial charge in [0.25, 0.3) is 0 Å². The molecule has 0 spiro atoms. The predicted octanol–water partition coefficient (Wildman–Crippen LogP) is 2.66. The molecule has 1 N–H and O–H groups in total. The Kier molecular flexibility index (Phi) is 5.22. The van der Waals surface area contributed by atoms with E-state index in [1.807, 2.05) is 0 Å². The molecule has 3 rings (SSSR count). The number of halogens is 2. The zero-order valence-corrected chi connectivity index (χ0v) is 14.6. The van der Waals surface area contributed by atoms with Gasteiger partial charge in [-0.25, -0.2) is 18.4 Å². The number of urea groups is 1. The van der Waals surface area contributed by atoms with Crippen LogP contribution in [0.1, 0.15) is 31.4 Å². The molecule has 2 aliphatic rings. The summed E-state index contributed by atoms with van der Waals surface area (Å²) >= 11 is 0. The summed E-state index contributed by atoms with van der Waals surface area (Å²) in [7, 11) is 1.48. The molecule has 140 valence electrons. The molecule has 1 aliphatic heterocycles. The van der Waals surface area contributed by atoms with Gasteiger partial charge in [-0.3, -0.25) is 4.90 Å². The number of nitrogens with one attached hydrogen (secondary N) is 1. The Morgan fingerprint density at radius 1 is 1.27 bits per heavy atom. The van der Waals surface area contributed by atoms with Crippen LogP contribution in [0.4, 0.5) is 13.6 Å². The van der Waals surface area contributed by atoms with Crippen LogP contribution >= 0.6 is 0 Å². The van der Waals surface area contributed by atoms with Crippen LogP contribution in [-0.2, 0) is 14.3 Å². The Bertz CT molecular complexity index is 762. The van der Waals surface area contributed by atoms with E-state index in [1.165, 1.54) is 18.1 Å². The molecule has 1 saturated carbocycles. The van der Waals surface area contributed by atoms with E-state index in [1.54, 1.807) is 6.92 Å². The Balaban J connectivity index is 1.98. The Hall–Kier alpha value is -2.48. The van der Waals surface area contributed by atoms with Gasteiger partial charge in [0, 0.05) is 18.8 Å². The van der Waals surface area contributed by atoms with E-state index in [0.717, 1.165) is 25.0 Å². The molecule has 0 radical (unpaired) electrons. The molecule has 1 heterocycles.